The summed E-state index contributed by atoms with van der Waals surface area (Å²) in [6, 6.07) is 4.68. The van der Waals surface area contributed by atoms with E-state index in [1.165, 1.54) is 43.6 Å². The predicted molar refractivity (Wildman–Crippen MR) is 70.7 cm³/mol. The van der Waals surface area contributed by atoms with E-state index in [2.05, 4.69) is 41.2 Å². The summed E-state index contributed by atoms with van der Waals surface area (Å²) in [7, 11) is 0. The maximum atomic E-state index is 3.43. The average Bonchev–Trinajstić information content (AvgIpc) is 2.94. The van der Waals surface area contributed by atoms with Crippen LogP contribution in [0.4, 0.5) is 0 Å². The van der Waals surface area contributed by atoms with Gasteiger partial charge in [-0.1, -0.05) is 31.3 Å². The Morgan fingerprint density at radius 3 is 3.25 bits per heavy atom. The van der Waals surface area contributed by atoms with Crippen molar-refractivity contribution in [1.29, 1.82) is 0 Å². The fraction of sp³-hybridized carbons (Fsp3) is 0.571. The number of unbranched alkanes of at least 4 members (excludes halogenated alkanes) is 1. The largest absolute Gasteiger partial charge is 0.290 e. The molecular formula is C14H19NS. The Kier molecular flexibility index (Phi) is 4.44. The highest BCUT2D eigenvalue weighted by Crippen LogP contribution is 2.17. The monoisotopic (exact) mass is 233 g/mol. The highest BCUT2D eigenvalue weighted by Gasteiger charge is 2.21. The summed E-state index contributed by atoms with van der Waals surface area (Å²) in [5.41, 5.74) is 0. The van der Waals surface area contributed by atoms with Crippen molar-refractivity contribution in [3.63, 3.8) is 0 Å². The lowest BCUT2D eigenvalue weighted by Gasteiger charge is -2.19. The smallest absolute Gasteiger partial charge is 0.0768 e. The summed E-state index contributed by atoms with van der Waals surface area (Å²) < 4.78 is 0. The Bertz CT molecular complexity index is 358. The molecule has 2 heterocycles. The van der Waals surface area contributed by atoms with Gasteiger partial charge in [0.2, 0.25) is 0 Å². The van der Waals surface area contributed by atoms with Crippen LogP contribution >= 0.6 is 11.3 Å². The number of thiophene rings is 1. The number of hydrogen-bond acceptors (Lipinski definition) is 2. The standard InChI is InChI=1S/C14H19NS/c1-2-3-10-15-11-4-6-13(15)8-9-14-7-5-12-16-14/h5,7,12-13H,2-4,6,10-11H2,1H3. The van der Waals surface area contributed by atoms with Gasteiger partial charge in [0.15, 0.2) is 0 Å². The Balaban J connectivity index is 1.92. The fourth-order valence-corrected chi connectivity index (χ4v) is 2.70. The minimum Gasteiger partial charge on any atom is -0.290 e. The quantitative estimate of drug-likeness (QED) is 0.724. The van der Waals surface area contributed by atoms with E-state index in [1.54, 1.807) is 11.3 Å². The molecule has 1 aromatic rings. The van der Waals surface area contributed by atoms with Crippen LogP contribution in [0.3, 0.4) is 0 Å². The highest BCUT2D eigenvalue weighted by atomic mass is 32.1. The number of hydrogen-bond donors (Lipinski definition) is 0. The van der Waals surface area contributed by atoms with E-state index >= 15 is 0 Å². The number of likely N-dealkylation sites (tertiary alicyclic amines) is 1. The van der Waals surface area contributed by atoms with Crippen LogP contribution < -0.4 is 0 Å². The average molecular weight is 233 g/mol. The molecule has 0 aliphatic carbocycles. The van der Waals surface area contributed by atoms with E-state index in [4.69, 9.17) is 0 Å². The van der Waals surface area contributed by atoms with Gasteiger partial charge in [0, 0.05) is 0 Å². The SMILES string of the molecule is CCCCN1CCCC1C#Cc1cccs1. The predicted octanol–water partition coefficient (Wildman–Crippen LogP) is 3.36. The van der Waals surface area contributed by atoms with E-state index < -0.39 is 0 Å². The molecule has 0 aromatic carbocycles. The lowest BCUT2D eigenvalue weighted by Crippen LogP contribution is -2.29. The number of rotatable bonds is 3. The summed E-state index contributed by atoms with van der Waals surface area (Å²) in [6.45, 7) is 4.71. The molecule has 0 saturated carbocycles. The van der Waals surface area contributed by atoms with Crippen molar-refractivity contribution in [3.8, 4) is 11.8 Å². The molecule has 0 radical (unpaired) electrons. The molecule has 0 N–H and O–H groups in total. The first-order valence-corrected chi connectivity index (χ1v) is 7.07. The molecule has 0 amide bonds. The molecule has 1 atom stereocenters. The van der Waals surface area contributed by atoms with Gasteiger partial charge in [0.1, 0.15) is 0 Å². The van der Waals surface area contributed by atoms with Gasteiger partial charge < -0.3 is 0 Å². The molecule has 2 heteroatoms. The van der Waals surface area contributed by atoms with Crippen molar-refractivity contribution in [1.82, 2.24) is 4.90 Å². The maximum absolute atomic E-state index is 3.43. The summed E-state index contributed by atoms with van der Waals surface area (Å²) >= 11 is 1.73. The Morgan fingerprint density at radius 2 is 2.50 bits per heavy atom. The van der Waals surface area contributed by atoms with Crippen molar-refractivity contribution in [2.45, 2.75) is 38.6 Å². The summed E-state index contributed by atoms with van der Waals surface area (Å²) in [4.78, 5) is 3.74. The molecule has 2 rings (SSSR count). The van der Waals surface area contributed by atoms with E-state index in [9.17, 15) is 0 Å². The summed E-state index contributed by atoms with van der Waals surface area (Å²) in [5.74, 6) is 6.73. The van der Waals surface area contributed by atoms with Gasteiger partial charge in [-0.2, -0.15) is 0 Å². The van der Waals surface area contributed by atoms with E-state index in [-0.39, 0.29) is 0 Å². The summed E-state index contributed by atoms with van der Waals surface area (Å²) in [5, 5.41) is 2.09. The lowest BCUT2D eigenvalue weighted by molar-refractivity contribution is 0.291. The van der Waals surface area contributed by atoms with Gasteiger partial charge in [-0.25, -0.2) is 0 Å². The molecule has 1 fully saturated rings. The summed E-state index contributed by atoms with van der Waals surface area (Å²) in [6.07, 6.45) is 5.15. The van der Waals surface area contributed by atoms with E-state index in [0.29, 0.717) is 6.04 Å². The minimum absolute atomic E-state index is 0.508. The molecule has 1 saturated heterocycles. The third kappa shape index (κ3) is 3.10. The molecule has 1 aliphatic rings. The highest BCUT2D eigenvalue weighted by molar-refractivity contribution is 7.10. The zero-order chi connectivity index (χ0) is 11.2. The van der Waals surface area contributed by atoms with Crippen molar-refractivity contribution < 1.29 is 0 Å². The zero-order valence-corrected chi connectivity index (χ0v) is 10.7. The Labute approximate surface area is 102 Å². The number of nitrogens with zero attached hydrogens (tertiary/aromatic N) is 1. The second kappa shape index (κ2) is 6.08. The zero-order valence-electron chi connectivity index (χ0n) is 9.91. The first-order chi connectivity index (χ1) is 7.90. The Hall–Kier alpha value is -0.780. The Morgan fingerprint density at radius 1 is 1.56 bits per heavy atom. The van der Waals surface area contributed by atoms with Crippen LogP contribution in [0.1, 0.15) is 37.5 Å². The van der Waals surface area contributed by atoms with Gasteiger partial charge in [0.05, 0.1) is 10.9 Å². The molecule has 1 aliphatic heterocycles. The van der Waals surface area contributed by atoms with Crippen LogP contribution in [-0.2, 0) is 0 Å². The van der Waals surface area contributed by atoms with Gasteiger partial charge in [0.25, 0.3) is 0 Å². The third-order valence-corrected chi connectivity index (χ3v) is 3.83. The third-order valence-electron chi connectivity index (χ3n) is 3.05. The topological polar surface area (TPSA) is 3.24 Å². The molecule has 1 unspecified atom stereocenters. The van der Waals surface area contributed by atoms with Gasteiger partial charge in [-0.3, -0.25) is 4.90 Å². The van der Waals surface area contributed by atoms with Crippen molar-refractivity contribution in [2.75, 3.05) is 13.1 Å². The van der Waals surface area contributed by atoms with Crippen molar-refractivity contribution in [2.24, 2.45) is 0 Å². The lowest BCUT2D eigenvalue weighted by atomic mass is 10.2. The molecular weight excluding hydrogens is 214 g/mol. The van der Waals surface area contributed by atoms with E-state index in [1.807, 2.05) is 0 Å². The van der Waals surface area contributed by atoms with Crippen LogP contribution in [-0.4, -0.2) is 24.0 Å². The molecule has 0 spiro atoms. The molecule has 1 nitrogen and oxygen atoms in total. The fourth-order valence-electron chi connectivity index (χ4n) is 2.12. The molecule has 1 aromatic heterocycles. The van der Waals surface area contributed by atoms with Crippen LogP contribution in [0.15, 0.2) is 17.5 Å². The van der Waals surface area contributed by atoms with Crippen LogP contribution in [0, 0.1) is 11.8 Å². The minimum atomic E-state index is 0.508. The van der Waals surface area contributed by atoms with Crippen LogP contribution in [0.2, 0.25) is 0 Å². The first-order valence-electron chi connectivity index (χ1n) is 6.19. The van der Waals surface area contributed by atoms with Crippen molar-refractivity contribution in [3.05, 3.63) is 22.4 Å². The second-order valence-corrected chi connectivity index (χ2v) is 5.24. The normalized spacial score (nSPS) is 20.7. The maximum Gasteiger partial charge on any atom is 0.0768 e. The van der Waals surface area contributed by atoms with E-state index in [0.717, 1.165) is 0 Å². The van der Waals surface area contributed by atoms with Gasteiger partial charge >= 0.3 is 0 Å². The first kappa shape index (κ1) is 11.7. The van der Waals surface area contributed by atoms with Crippen LogP contribution in [0.5, 0.6) is 0 Å². The molecule has 0 bridgehead atoms. The molecule has 16 heavy (non-hydrogen) atoms. The second-order valence-electron chi connectivity index (χ2n) is 4.29. The van der Waals surface area contributed by atoms with Gasteiger partial charge in [-0.05, 0) is 43.8 Å². The molecule has 86 valence electrons. The van der Waals surface area contributed by atoms with Crippen LogP contribution in [0.25, 0.3) is 0 Å². The van der Waals surface area contributed by atoms with Gasteiger partial charge in [-0.15, -0.1) is 11.3 Å². The van der Waals surface area contributed by atoms with Crippen molar-refractivity contribution >= 4 is 11.3 Å².